The lowest BCUT2D eigenvalue weighted by Gasteiger charge is -2.58. The number of benzene rings is 1. The van der Waals surface area contributed by atoms with Crippen molar-refractivity contribution < 1.29 is 24.2 Å². The summed E-state index contributed by atoms with van der Waals surface area (Å²) >= 11 is 0. The molecule has 42 heavy (non-hydrogen) atoms. The van der Waals surface area contributed by atoms with Crippen LogP contribution in [0.15, 0.2) is 18.2 Å². The van der Waals surface area contributed by atoms with Crippen LogP contribution < -0.4 is 5.32 Å². The van der Waals surface area contributed by atoms with Gasteiger partial charge in [-0.3, -0.25) is 9.59 Å². The highest BCUT2D eigenvalue weighted by Crippen LogP contribution is 2.55. The molecule has 6 rings (SSSR count). The summed E-state index contributed by atoms with van der Waals surface area (Å²) in [5.41, 5.74) is 1.33. The average molecular weight is 582 g/mol. The van der Waals surface area contributed by atoms with Crippen LogP contribution in [0.1, 0.15) is 96.3 Å². The van der Waals surface area contributed by atoms with E-state index in [2.05, 4.69) is 23.5 Å². The van der Waals surface area contributed by atoms with Crippen LogP contribution in [0.25, 0.3) is 0 Å². The molecule has 4 bridgehead atoms. The molecule has 5 aliphatic rings. The third-order valence-electron chi connectivity index (χ3n) is 10.1. The molecular weight excluding hydrogens is 530 g/mol. The Kier molecular flexibility index (Phi) is 8.42. The maximum atomic E-state index is 13.7. The average Bonchev–Trinajstić information content (AvgIpc) is 3.14. The van der Waals surface area contributed by atoms with Gasteiger partial charge in [0.15, 0.2) is 0 Å². The maximum absolute atomic E-state index is 13.7. The largest absolute Gasteiger partial charge is 0.444 e. The number of nitrogens with one attached hydrogen (secondary N) is 1. The van der Waals surface area contributed by atoms with E-state index < -0.39 is 16.6 Å². The molecule has 1 saturated heterocycles. The van der Waals surface area contributed by atoms with Crippen molar-refractivity contribution in [3.63, 3.8) is 0 Å². The molecule has 232 valence electrons. The third kappa shape index (κ3) is 6.79. The Hall–Kier alpha value is -2.61. The molecule has 3 amide bonds. The fraction of sp³-hybridized carbons (Fsp3) is 0.735. The first-order valence-corrected chi connectivity index (χ1v) is 16.0. The molecule has 2 N–H and O–H groups in total. The van der Waals surface area contributed by atoms with E-state index in [1.165, 1.54) is 0 Å². The normalized spacial score (nSPS) is 29.3. The molecule has 4 aliphatic carbocycles. The lowest BCUT2D eigenvalue weighted by molar-refractivity contribution is -0.148. The van der Waals surface area contributed by atoms with Crippen LogP contribution in [0.5, 0.6) is 0 Å². The molecule has 2 unspecified atom stereocenters. The summed E-state index contributed by atoms with van der Waals surface area (Å²) in [6.07, 6.45) is 6.17. The van der Waals surface area contributed by atoms with Crippen molar-refractivity contribution in [3.8, 4) is 0 Å². The summed E-state index contributed by atoms with van der Waals surface area (Å²) < 4.78 is 5.52. The number of ether oxygens (including phenoxy) is 1. The zero-order valence-corrected chi connectivity index (χ0v) is 26.5. The second kappa shape index (κ2) is 11.5. The van der Waals surface area contributed by atoms with Gasteiger partial charge in [0.2, 0.25) is 11.8 Å². The van der Waals surface area contributed by atoms with E-state index in [1.54, 1.807) is 4.90 Å². The van der Waals surface area contributed by atoms with E-state index in [0.717, 1.165) is 55.2 Å². The zero-order chi connectivity index (χ0) is 30.4. The first kappa shape index (κ1) is 30.8. The Balaban J connectivity index is 1.18. The van der Waals surface area contributed by atoms with Crippen LogP contribution in [0.3, 0.4) is 0 Å². The topological polar surface area (TPSA) is 99.2 Å². The third-order valence-corrected chi connectivity index (χ3v) is 10.1. The maximum Gasteiger partial charge on any atom is 0.410 e. The molecule has 8 heteroatoms. The highest BCUT2D eigenvalue weighted by molar-refractivity contribution is 5.87. The Labute approximate surface area is 251 Å². The molecule has 5 fully saturated rings. The Bertz CT molecular complexity index is 1190. The standard InChI is InChI=1S/C34H51N3O5/c1-22-14-23(8-9-28(38)36-10-7-11-37(13-12-36)31(40)42-32(2,3)4)18-27(15-22)33(5,6)30(39)35-29-25-16-24-17-26(29)21-34(41,19-24)20-25/h14-15,18,24-26,29,41H,7-13,16-17,19-21H2,1-6H3,(H,35,39). The number of carbonyl (C=O) groups is 3. The number of carbonyl (C=O) groups excluding carboxylic acids is 3. The van der Waals surface area contributed by atoms with Gasteiger partial charge in [-0.15, -0.1) is 0 Å². The molecule has 8 nitrogen and oxygen atoms in total. The highest BCUT2D eigenvalue weighted by Gasteiger charge is 2.55. The lowest BCUT2D eigenvalue weighted by atomic mass is 9.52. The Morgan fingerprint density at radius 1 is 0.952 bits per heavy atom. The number of rotatable bonds is 6. The van der Waals surface area contributed by atoms with E-state index in [-0.39, 0.29) is 23.9 Å². The minimum Gasteiger partial charge on any atom is -0.444 e. The van der Waals surface area contributed by atoms with Gasteiger partial charge in [-0.25, -0.2) is 4.79 Å². The Morgan fingerprint density at radius 3 is 2.24 bits per heavy atom. The summed E-state index contributed by atoms with van der Waals surface area (Å²) in [4.78, 5) is 43.0. The highest BCUT2D eigenvalue weighted by atomic mass is 16.6. The molecule has 4 saturated carbocycles. The molecule has 1 aliphatic heterocycles. The fourth-order valence-electron chi connectivity index (χ4n) is 8.13. The second-order valence-corrected chi connectivity index (χ2v) is 15.2. The van der Waals surface area contributed by atoms with E-state index in [0.29, 0.717) is 56.8 Å². The van der Waals surface area contributed by atoms with E-state index in [4.69, 9.17) is 4.74 Å². The number of hydrogen-bond donors (Lipinski definition) is 2. The first-order valence-electron chi connectivity index (χ1n) is 16.0. The van der Waals surface area contributed by atoms with Gasteiger partial charge in [-0.1, -0.05) is 23.8 Å². The summed E-state index contributed by atoms with van der Waals surface area (Å²) in [5, 5.41) is 14.4. The van der Waals surface area contributed by atoms with Crippen LogP contribution in [0.2, 0.25) is 0 Å². The summed E-state index contributed by atoms with van der Waals surface area (Å²) in [6.45, 7) is 13.8. The van der Waals surface area contributed by atoms with E-state index >= 15 is 0 Å². The Morgan fingerprint density at radius 2 is 1.60 bits per heavy atom. The van der Waals surface area contributed by atoms with Crippen molar-refractivity contribution >= 4 is 17.9 Å². The SMILES string of the molecule is Cc1cc(CCC(=O)N2CCCN(C(=O)OC(C)(C)C)CC2)cc(C(C)(C)C(=O)NC2C3CC4CC2CC(O)(C4)C3)c1. The van der Waals surface area contributed by atoms with Gasteiger partial charge in [0.1, 0.15) is 5.60 Å². The molecule has 0 radical (unpaired) electrons. The van der Waals surface area contributed by atoms with Crippen molar-refractivity contribution in [1.82, 2.24) is 15.1 Å². The monoisotopic (exact) mass is 581 g/mol. The van der Waals surface area contributed by atoms with Gasteiger partial charge in [0.05, 0.1) is 11.0 Å². The van der Waals surface area contributed by atoms with Gasteiger partial charge < -0.3 is 25.0 Å². The summed E-state index contributed by atoms with van der Waals surface area (Å²) in [5.74, 6) is 1.47. The van der Waals surface area contributed by atoms with E-state index in [9.17, 15) is 19.5 Å². The van der Waals surface area contributed by atoms with Crippen LogP contribution in [0.4, 0.5) is 4.79 Å². The van der Waals surface area contributed by atoms with E-state index in [1.807, 2.05) is 46.4 Å². The van der Waals surface area contributed by atoms with Crippen molar-refractivity contribution in [1.29, 1.82) is 0 Å². The van der Waals surface area contributed by atoms with Gasteiger partial charge >= 0.3 is 6.09 Å². The predicted molar refractivity (Wildman–Crippen MR) is 162 cm³/mol. The minimum absolute atomic E-state index is 0.0405. The predicted octanol–water partition coefficient (Wildman–Crippen LogP) is 4.73. The van der Waals surface area contributed by atoms with Crippen molar-refractivity contribution in [2.24, 2.45) is 17.8 Å². The van der Waals surface area contributed by atoms with Gasteiger partial charge in [-0.05, 0) is 115 Å². The first-order chi connectivity index (χ1) is 19.6. The number of amides is 3. The molecule has 2 atom stereocenters. The molecule has 0 aromatic heterocycles. The van der Waals surface area contributed by atoms with Gasteiger partial charge in [0, 0.05) is 38.6 Å². The quantitative estimate of drug-likeness (QED) is 0.506. The second-order valence-electron chi connectivity index (χ2n) is 15.2. The summed E-state index contributed by atoms with van der Waals surface area (Å²) in [6, 6.07) is 6.43. The van der Waals surface area contributed by atoms with Crippen molar-refractivity contribution in [3.05, 3.63) is 34.9 Å². The number of hydrogen-bond acceptors (Lipinski definition) is 5. The molecule has 1 aromatic carbocycles. The number of nitrogens with zero attached hydrogens (tertiary/aromatic N) is 2. The van der Waals surface area contributed by atoms with Crippen LogP contribution in [0, 0.1) is 24.7 Å². The zero-order valence-electron chi connectivity index (χ0n) is 26.5. The molecule has 1 aromatic rings. The summed E-state index contributed by atoms with van der Waals surface area (Å²) in [7, 11) is 0. The molecule has 1 heterocycles. The fourth-order valence-corrected chi connectivity index (χ4v) is 8.13. The van der Waals surface area contributed by atoms with Crippen LogP contribution >= 0.6 is 0 Å². The van der Waals surface area contributed by atoms with Crippen molar-refractivity contribution in [2.75, 3.05) is 26.2 Å². The van der Waals surface area contributed by atoms with Gasteiger partial charge in [0.25, 0.3) is 0 Å². The smallest absolute Gasteiger partial charge is 0.410 e. The minimum atomic E-state index is -0.716. The molecular formula is C34H51N3O5. The number of aliphatic hydroxyl groups is 1. The van der Waals surface area contributed by atoms with Crippen molar-refractivity contribution in [2.45, 2.75) is 116 Å². The van der Waals surface area contributed by atoms with Gasteiger partial charge in [-0.2, -0.15) is 0 Å². The lowest BCUT2D eigenvalue weighted by Crippen LogP contribution is -2.62. The number of aryl methyl sites for hydroxylation is 2. The van der Waals surface area contributed by atoms with Crippen LogP contribution in [-0.2, 0) is 26.2 Å². The molecule has 0 spiro atoms. The van der Waals surface area contributed by atoms with Crippen LogP contribution in [-0.4, -0.2) is 76.2 Å².